The molecule has 24 heavy (non-hydrogen) atoms. The zero-order chi connectivity index (χ0) is 17.1. The Balaban J connectivity index is 1.76. The van der Waals surface area contributed by atoms with Gasteiger partial charge in [0.2, 0.25) is 5.89 Å². The number of nitro benzene ring substituents is 1. The number of nitro groups is 1. The van der Waals surface area contributed by atoms with E-state index in [-0.39, 0.29) is 18.0 Å². The van der Waals surface area contributed by atoms with Crippen LogP contribution in [0.3, 0.4) is 0 Å². The first-order valence-corrected chi connectivity index (χ1v) is 7.49. The SMILES string of the molecule is Cc1ccc(OCc2ncc(-c3cccc(Cl)c3)o2)c([N+](=O)[O-])c1. The molecule has 0 saturated carbocycles. The van der Waals surface area contributed by atoms with Crippen LogP contribution in [-0.2, 0) is 6.61 Å². The Morgan fingerprint density at radius 2 is 2.12 bits per heavy atom. The van der Waals surface area contributed by atoms with E-state index in [0.717, 1.165) is 11.1 Å². The van der Waals surface area contributed by atoms with Crippen LogP contribution in [-0.4, -0.2) is 9.91 Å². The molecule has 7 heteroatoms. The minimum absolute atomic E-state index is 0.00946. The lowest BCUT2D eigenvalue weighted by Gasteiger charge is -2.05. The van der Waals surface area contributed by atoms with E-state index in [1.54, 1.807) is 37.4 Å². The lowest BCUT2D eigenvalue weighted by Crippen LogP contribution is -1.99. The number of oxazole rings is 1. The number of aryl methyl sites for hydroxylation is 1. The van der Waals surface area contributed by atoms with Crippen LogP contribution >= 0.6 is 11.6 Å². The molecule has 1 aromatic heterocycles. The highest BCUT2D eigenvalue weighted by molar-refractivity contribution is 6.30. The lowest BCUT2D eigenvalue weighted by atomic mass is 10.2. The van der Waals surface area contributed by atoms with Gasteiger partial charge >= 0.3 is 5.69 Å². The largest absolute Gasteiger partial charge is 0.477 e. The molecule has 3 aromatic rings. The summed E-state index contributed by atoms with van der Waals surface area (Å²) in [4.78, 5) is 14.7. The molecule has 1 heterocycles. The summed E-state index contributed by atoms with van der Waals surface area (Å²) in [5.74, 6) is 1.04. The highest BCUT2D eigenvalue weighted by Crippen LogP contribution is 2.29. The van der Waals surface area contributed by atoms with E-state index in [1.165, 1.54) is 6.07 Å². The van der Waals surface area contributed by atoms with Crippen LogP contribution in [0, 0.1) is 17.0 Å². The molecule has 0 fully saturated rings. The van der Waals surface area contributed by atoms with Crippen molar-refractivity contribution in [2.24, 2.45) is 0 Å². The van der Waals surface area contributed by atoms with Crippen molar-refractivity contribution in [3.8, 4) is 17.1 Å². The Labute approximate surface area is 142 Å². The molecule has 3 rings (SSSR count). The fourth-order valence-electron chi connectivity index (χ4n) is 2.18. The van der Waals surface area contributed by atoms with Gasteiger partial charge in [0.25, 0.3) is 0 Å². The summed E-state index contributed by atoms with van der Waals surface area (Å²) in [6.07, 6.45) is 1.56. The van der Waals surface area contributed by atoms with Gasteiger partial charge in [-0.3, -0.25) is 10.1 Å². The number of halogens is 1. The summed E-state index contributed by atoms with van der Waals surface area (Å²) < 4.78 is 11.1. The maximum absolute atomic E-state index is 11.1. The van der Waals surface area contributed by atoms with Gasteiger partial charge in [-0.2, -0.15) is 0 Å². The second-order valence-electron chi connectivity index (χ2n) is 5.15. The highest BCUT2D eigenvalue weighted by atomic mass is 35.5. The molecule has 122 valence electrons. The summed E-state index contributed by atoms with van der Waals surface area (Å²) in [5, 5.41) is 11.7. The normalized spacial score (nSPS) is 10.6. The van der Waals surface area contributed by atoms with Gasteiger partial charge in [0.15, 0.2) is 18.1 Å². The number of hydrogen-bond acceptors (Lipinski definition) is 5. The van der Waals surface area contributed by atoms with Crippen molar-refractivity contribution < 1.29 is 14.1 Å². The predicted molar refractivity (Wildman–Crippen MR) is 89.1 cm³/mol. The van der Waals surface area contributed by atoms with Crippen LogP contribution in [0.25, 0.3) is 11.3 Å². The summed E-state index contributed by atoms with van der Waals surface area (Å²) in [6.45, 7) is 1.77. The molecular weight excluding hydrogens is 332 g/mol. The summed E-state index contributed by atoms with van der Waals surface area (Å²) in [6, 6.07) is 12.0. The fourth-order valence-corrected chi connectivity index (χ4v) is 2.37. The Kier molecular flexibility index (Phi) is 4.48. The van der Waals surface area contributed by atoms with Crippen LogP contribution in [0.2, 0.25) is 5.02 Å². The summed E-state index contributed by atoms with van der Waals surface area (Å²) >= 11 is 5.95. The molecule has 0 aliphatic heterocycles. The first-order chi connectivity index (χ1) is 11.5. The molecule has 0 aliphatic rings. The van der Waals surface area contributed by atoms with Crippen LogP contribution in [0.5, 0.6) is 5.75 Å². The Morgan fingerprint density at radius 1 is 1.29 bits per heavy atom. The molecule has 0 bridgehead atoms. The van der Waals surface area contributed by atoms with Crippen molar-refractivity contribution in [2.75, 3.05) is 0 Å². The predicted octanol–water partition coefficient (Wildman–Crippen LogP) is 4.79. The number of aromatic nitrogens is 1. The summed E-state index contributed by atoms with van der Waals surface area (Å²) in [5.41, 5.74) is 1.49. The fraction of sp³-hybridized carbons (Fsp3) is 0.118. The summed E-state index contributed by atoms with van der Waals surface area (Å²) in [7, 11) is 0. The standard InChI is InChI=1S/C17H13ClN2O4/c1-11-5-6-15(14(7-11)20(21)22)23-10-17-19-9-16(24-17)12-3-2-4-13(18)8-12/h2-9H,10H2,1H3. The third-order valence-electron chi connectivity index (χ3n) is 3.32. The smallest absolute Gasteiger partial charge is 0.311 e. The van der Waals surface area contributed by atoms with Gasteiger partial charge in [0.05, 0.1) is 11.1 Å². The van der Waals surface area contributed by atoms with Gasteiger partial charge in [-0.1, -0.05) is 29.8 Å². The molecule has 0 amide bonds. The van der Waals surface area contributed by atoms with Crippen molar-refractivity contribution in [1.82, 2.24) is 4.98 Å². The number of benzene rings is 2. The first kappa shape index (κ1) is 16.0. The lowest BCUT2D eigenvalue weighted by molar-refractivity contribution is -0.386. The average Bonchev–Trinajstić information content (AvgIpc) is 3.02. The Morgan fingerprint density at radius 3 is 2.88 bits per heavy atom. The molecule has 0 saturated heterocycles. The zero-order valence-electron chi connectivity index (χ0n) is 12.7. The molecule has 0 N–H and O–H groups in total. The number of nitrogens with zero attached hydrogens (tertiary/aromatic N) is 2. The van der Waals surface area contributed by atoms with Gasteiger partial charge in [-0.05, 0) is 30.7 Å². The second kappa shape index (κ2) is 6.72. The Hall–Kier alpha value is -2.86. The molecule has 0 unspecified atom stereocenters. The van der Waals surface area contributed by atoms with Crippen LogP contribution in [0.15, 0.2) is 53.1 Å². The van der Waals surface area contributed by atoms with Gasteiger partial charge in [-0.15, -0.1) is 0 Å². The minimum Gasteiger partial charge on any atom is -0.477 e. The topological polar surface area (TPSA) is 78.4 Å². The van der Waals surface area contributed by atoms with E-state index in [1.807, 2.05) is 12.1 Å². The number of hydrogen-bond donors (Lipinski definition) is 0. The van der Waals surface area contributed by atoms with Crippen molar-refractivity contribution in [3.05, 3.63) is 75.3 Å². The Bertz CT molecular complexity index is 892. The average molecular weight is 345 g/mol. The van der Waals surface area contributed by atoms with E-state index < -0.39 is 4.92 Å². The van der Waals surface area contributed by atoms with Crippen molar-refractivity contribution in [2.45, 2.75) is 13.5 Å². The van der Waals surface area contributed by atoms with Gasteiger partial charge in [0, 0.05) is 16.7 Å². The molecule has 0 atom stereocenters. The maximum atomic E-state index is 11.1. The van der Waals surface area contributed by atoms with E-state index in [2.05, 4.69) is 4.98 Å². The third kappa shape index (κ3) is 3.55. The van der Waals surface area contributed by atoms with Crippen LogP contribution in [0.4, 0.5) is 5.69 Å². The van der Waals surface area contributed by atoms with E-state index in [0.29, 0.717) is 16.7 Å². The maximum Gasteiger partial charge on any atom is 0.311 e. The van der Waals surface area contributed by atoms with Gasteiger partial charge in [-0.25, -0.2) is 4.98 Å². The van der Waals surface area contributed by atoms with Crippen LogP contribution in [0.1, 0.15) is 11.5 Å². The molecule has 0 radical (unpaired) electrons. The highest BCUT2D eigenvalue weighted by Gasteiger charge is 2.16. The van der Waals surface area contributed by atoms with Crippen molar-refractivity contribution >= 4 is 17.3 Å². The van der Waals surface area contributed by atoms with Gasteiger partial charge < -0.3 is 9.15 Å². The first-order valence-electron chi connectivity index (χ1n) is 7.11. The van der Waals surface area contributed by atoms with E-state index in [4.69, 9.17) is 20.8 Å². The van der Waals surface area contributed by atoms with E-state index >= 15 is 0 Å². The van der Waals surface area contributed by atoms with E-state index in [9.17, 15) is 10.1 Å². The molecule has 0 spiro atoms. The van der Waals surface area contributed by atoms with Crippen molar-refractivity contribution in [1.29, 1.82) is 0 Å². The number of rotatable bonds is 5. The van der Waals surface area contributed by atoms with Crippen LogP contribution < -0.4 is 4.74 Å². The second-order valence-corrected chi connectivity index (χ2v) is 5.58. The van der Waals surface area contributed by atoms with Crippen molar-refractivity contribution in [3.63, 3.8) is 0 Å². The van der Waals surface area contributed by atoms with Gasteiger partial charge in [0.1, 0.15) is 0 Å². The third-order valence-corrected chi connectivity index (χ3v) is 3.56. The quantitative estimate of drug-likeness (QED) is 0.491. The molecule has 6 nitrogen and oxygen atoms in total. The molecule has 2 aromatic carbocycles. The monoisotopic (exact) mass is 344 g/mol. The number of ether oxygens (including phenoxy) is 1. The zero-order valence-corrected chi connectivity index (χ0v) is 13.5. The minimum atomic E-state index is -0.477. The molecular formula is C17H13ClN2O4. The molecule has 0 aliphatic carbocycles.